The predicted octanol–water partition coefficient (Wildman–Crippen LogP) is 1.15. The van der Waals surface area contributed by atoms with Crippen LogP contribution in [0.3, 0.4) is 0 Å². The van der Waals surface area contributed by atoms with Gasteiger partial charge in [0.2, 0.25) is 0 Å². The maximum atomic E-state index is 3.73. The summed E-state index contributed by atoms with van der Waals surface area (Å²) in [5.41, 5.74) is 0. The van der Waals surface area contributed by atoms with Crippen LogP contribution in [0, 0.1) is 0 Å². The maximum Gasteiger partial charge on any atom is 0.0193 e. The van der Waals surface area contributed by atoms with Crippen molar-refractivity contribution < 1.29 is 0 Å². The number of hydrogen-bond donors (Lipinski definition) is 1. The summed E-state index contributed by atoms with van der Waals surface area (Å²) in [6.45, 7) is 8.48. The molecule has 1 aliphatic heterocycles. The third kappa shape index (κ3) is 3.44. The molecule has 1 aliphatic carbocycles. The second-order valence-corrected chi connectivity index (χ2v) is 5.58. The van der Waals surface area contributed by atoms with Crippen LogP contribution >= 0.6 is 0 Å². The first-order valence-electron chi connectivity index (χ1n) is 6.91. The van der Waals surface area contributed by atoms with E-state index >= 15 is 0 Å². The molecular weight excluding hydrogens is 198 g/mol. The average molecular weight is 225 g/mol. The molecule has 0 radical (unpaired) electrons. The molecule has 94 valence electrons. The van der Waals surface area contributed by atoms with Crippen LogP contribution in [0.1, 0.15) is 32.6 Å². The van der Waals surface area contributed by atoms with E-state index < -0.39 is 0 Å². The highest BCUT2D eigenvalue weighted by molar-refractivity contribution is 4.79. The Morgan fingerprint density at radius 1 is 1.12 bits per heavy atom. The summed E-state index contributed by atoms with van der Waals surface area (Å²) in [6.07, 6.45) is 5.66. The number of rotatable bonds is 4. The molecule has 2 aliphatic rings. The van der Waals surface area contributed by atoms with Crippen molar-refractivity contribution in [3.05, 3.63) is 0 Å². The number of nitrogens with zero attached hydrogens (tertiary/aromatic N) is 2. The van der Waals surface area contributed by atoms with Gasteiger partial charge in [-0.2, -0.15) is 0 Å². The van der Waals surface area contributed by atoms with Gasteiger partial charge >= 0.3 is 0 Å². The zero-order valence-electron chi connectivity index (χ0n) is 10.9. The average Bonchev–Trinajstić information content (AvgIpc) is 2.80. The van der Waals surface area contributed by atoms with Crippen LogP contribution in [-0.2, 0) is 0 Å². The second kappa shape index (κ2) is 5.99. The lowest BCUT2D eigenvalue weighted by molar-refractivity contribution is 0.116. The molecule has 0 amide bonds. The van der Waals surface area contributed by atoms with Crippen molar-refractivity contribution in [3.8, 4) is 0 Å². The summed E-state index contributed by atoms with van der Waals surface area (Å²) in [6, 6.07) is 1.52. The molecule has 0 aromatic carbocycles. The Kier molecular flexibility index (Phi) is 4.62. The molecule has 1 N–H and O–H groups in total. The van der Waals surface area contributed by atoms with Crippen molar-refractivity contribution in [2.75, 3.05) is 39.8 Å². The molecule has 2 fully saturated rings. The van der Waals surface area contributed by atoms with Crippen LogP contribution in [0.25, 0.3) is 0 Å². The van der Waals surface area contributed by atoms with E-state index in [1.165, 1.54) is 58.4 Å². The van der Waals surface area contributed by atoms with Gasteiger partial charge in [0.05, 0.1) is 0 Å². The largest absolute Gasteiger partial charge is 0.312 e. The molecule has 16 heavy (non-hydrogen) atoms. The fourth-order valence-corrected chi connectivity index (χ4v) is 2.86. The number of likely N-dealkylation sites (N-methyl/N-ethyl adjacent to an activating group) is 1. The fraction of sp³-hybridized carbons (Fsp3) is 1.00. The Morgan fingerprint density at radius 3 is 2.38 bits per heavy atom. The van der Waals surface area contributed by atoms with E-state index in [2.05, 4.69) is 29.1 Å². The number of hydrogen-bond acceptors (Lipinski definition) is 3. The normalized spacial score (nSPS) is 27.4. The first kappa shape index (κ1) is 12.3. The van der Waals surface area contributed by atoms with Gasteiger partial charge < -0.3 is 10.2 Å². The van der Waals surface area contributed by atoms with Crippen LogP contribution in [0.15, 0.2) is 0 Å². The van der Waals surface area contributed by atoms with Crippen LogP contribution in [0.5, 0.6) is 0 Å². The Labute approximate surface area is 100 Å². The van der Waals surface area contributed by atoms with E-state index in [0.29, 0.717) is 6.04 Å². The molecule has 1 heterocycles. The van der Waals surface area contributed by atoms with Gasteiger partial charge in [-0.15, -0.1) is 0 Å². The van der Waals surface area contributed by atoms with Crippen molar-refractivity contribution in [1.82, 2.24) is 15.1 Å². The van der Waals surface area contributed by atoms with Crippen molar-refractivity contribution in [2.24, 2.45) is 0 Å². The SMILES string of the molecule is CC(CNC1CCCC1)N1CCN(C)CC1. The van der Waals surface area contributed by atoms with Gasteiger partial charge in [0.1, 0.15) is 0 Å². The minimum Gasteiger partial charge on any atom is -0.312 e. The van der Waals surface area contributed by atoms with Crippen LogP contribution in [0.2, 0.25) is 0 Å². The summed E-state index contributed by atoms with van der Waals surface area (Å²) in [7, 11) is 2.22. The lowest BCUT2D eigenvalue weighted by Crippen LogP contribution is -2.51. The van der Waals surface area contributed by atoms with Crippen molar-refractivity contribution in [2.45, 2.75) is 44.7 Å². The first-order valence-corrected chi connectivity index (χ1v) is 6.91. The molecule has 1 atom stereocenters. The van der Waals surface area contributed by atoms with Crippen molar-refractivity contribution in [3.63, 3.8) is 0 Å². The van der Waals surface area contributed by atoms with Gasteiger partial charge in [0, 0.05) is 44.8 Å². The standard InChI is InChI=1S/C13H27N3/c1-12(11-14-13-5-3-4-6-13)16-9-7-15(2)8-10-16/h12-14H,3-11H2,1-2H3. The minimum atomic E-state index is 0.703. The summed E-state index contributed by atoms with van der Waals surface area (Å²) >= 11 is 0. The molecule has 1 saturated heterocycles. The molecule has 1 saturated carbocycles. The Hall–Kier alpha value is -0.120. The molecule has 2 rings (SSSR count). The fourth-order valence-electron chi connectivity index (χ4n) is 2.86. The Morgan fingerprint density at radius 2 is 1.75 bits per heavy atom. The lowest BCUT2D eigenvalue weighted by atomic mass is 10.2. The van der Waals surface area contributed by atoms with Crippen molar-refractivity contribution >= 4 is 0 Å². The van der Waals surface area contributed by atoms with Gasteiger partial charge in [0.15, 0.2) is 0 Å². The lowest BCUT2D eigenvalue weighted by Gasteiger charge is -2.36. The molecule has 3 nitrogen and oxygen atoms in total. The monoisotopic (exact) mass is 225 g/mol. The third-order valence-corrected chi connectivity index (χ3v) is 4.22. The molecule has 0 aromatic rings. The van der Waals surface area contributed by atoms with Gasteiger partial charge in [-0.1, -0.05) is 12.8 Å². The minimum absolute atomic E-state index is 0.703. The van der Waals surface area contributed by atoms with E-state index in [4.69, 9.17) is 0 Å². The quantitative estimate of drug-likeness (QED) is 0.774. The van der Waals surface area contributed by atoms with Gasteiger partial charge in [-0.3, -0.25) is 4.90 Å². The van der Waals surface area contributed by atoms with Gasteiger partial charge in [0.25, 0.3) is 0 Å². The number of piperazine rings is 1. The number of nitrogens with one attached hydrogen (secondary N) is 1. The van der Waals surface area contributed by atoms with Gasteiger partial charge in [-0.05, 0) is 26.8 Å². The zero-order chi connectivity index (χ0) is 11.4. The highest BCUT2D eigenvalue weighted by Gasteiger charge is 2.20. The maximum absolute atomic E-state index is 3.73. The highest BCUT2D eigenvalue weighted by atomic mass is 15.3. The zero-order valence-corrected chi connectivity index (χ0v) is 10.9. The smallest absolute Gasteiger partial charge is 0.0193 e. The molecule has 3 heteroatoms. The predicted molar refractivity (Wildman–Crippen MR) is 68.8 cm³/mol. The van der Waals surface area contributed by atoms with Crippen molar-refractivity contribution in [1.29, 1.82) is 0 Å². The molecule has 0 bridgehead atoms. The summed E-state index contributed by atoms with van der Waals surface area (Å²) in [5, 5.41) is 3.73. The van der Waals surface area contributed by atoms with E-state index in [0.717, 1.165) is 6.04 Å². The van der Waals surface area contributed by atoms with E-state index in [-0.39, 0.29) is 0 Å². The highest BCUT2D eigenvalue weighted by Crippen LogP contribution is 2.17. The Balaban J connectivity index is 1.64. The summed E-state index contributed by atoms with van der Waals surface area (Å²) in [4.78, 5) is 5.05. The van der Waals surface area contributed by atoms with Crippen LogP contribution < -0.4 is 5.32 Å². The van der Waals surface area contributed by atoms with Crippen LogP contribution in [-0.4, -0.2) is 61.7 Å². The summed E-state index contributed by atoms with van der Waals surface area (Å²) in [5.74, 6) is 0. The molecular formula is C13H27N3. The Bertz CT molecular complexity index is 193. The first-order chi connectivity index (χ1) is 7.75. The van der Waals surface area contributed by atoms with E-state index in [1.54, 1.807) is 0 Å². The molecule has 0 spiro atoms. The second-order valence-electron chi connectivity index (χ2n) is 5.58. The summed E-state index contributed by atoms with van der Waals surface area (Å²) < 4.78 is 0. The molecule has 0 aromatic heterocycles. The van der Waals surface area contributed by atoms with Crippen LogP contribution in [0.4, 0.5) is 0 Å². The van der Waals surface area contributed by atoms with E-state index in [1.807, 2.05) is 0 Å². The van der Waals surface area contributed by atoms with Gasteiger partial charge in [-0.25, -0.2) is 0 Å². The topological polar surface area (TPSA) is 18.5 Å². The molecule has 1 unspecified atom stereocenters. The van der Waals surface area contributed by atoms with E-state index in [9.17, 15) is 0 Å². The third-order valence-electron chi connectivity index (χ3n) is 4.22.